The summed E-state index contributed by atoms with van der Waals surface area (Å²) in [5.74, 6) is -2.13. The fourth-order valence-corrected chi connectivity index (χ4v) is 6.45. The van der Waals surface area contributed by atoms with Crippen LogP contribution in [0.15, 0.2) is 18.6 Å². The van der Waals surface area contributed by atoms with Gasteiger partial charge >= 0.3 is 5.97 Å². The number of carboxylic acids is 1. The molecule has 40 heavy (non-hydrogen) atoms. The predicted octanol–water partition coefficient (Wildman–Crippen LogP) is 7.02. The smallest absolute Gasteiger partial charge is 0.309 e. The quantitative estimate of drug-likeness (QED) is 0.327. The average Bonchev–Trinajstić information content (AvgIpc) is 3.33. The monoisotopic (exact) mass is 598 g/mol. The summed E-state index contributed by atoms with van der Waals surface area (Å²) >= 11 is 12.4. The molecule has 0 atom stereocenters. The lowest BCUT2D eigenvalue weighted by Gasteiger charge is -2.40. The molecule has 0 aromatic carbocycles. The molecule has 2 saturated carbocycles. The minimum atomic E-state index is -3.00. The molecule has 12 heteroatoms. The molecular weight excluding hydrogens is 565 g/mol. The maximum Gasteiger partial charge on any atom is 0.309 e. The Morgan fingerprint density at radius 3 is 2.12 bits per heavy atom. The van der Waals surface area contributed by atoms with E-state index in [1.165, 1.54) is 22.0 Å². The molecule has 1 N–H and O–H groups in total. The van der Waals surface area contributed by atoms with Crippen molar-refractivity contribution in [3.05, 3.63) is 45.5 Å². The third-order valence-electron chi connectivity index (χ3n) is 8.65. The van der Waals surface area contributed by atoms with Gasteiger partial charge in [-0.05, 0) is 63.7 Å². The number of nitrogens with zero attached hydrogens (tertiary/aromatic N) is 4. The van der Waals surface area contributed by atoms with Crippen molar-refractivity contribution in [1.82, 2.24) is 19.7 Å². The van der Waals surface area contributed by atoms with Gasteiger partial charge in [-0.15, -0.1) is 0 Å². The van der Waals surface area contributed by atoms with E-state index in [9.17, 15) is 28.3 Å². The molecule has 2 aliphatic rings. The number of hydrogen-bond acceptors (Lipinski definition) is 5. The van der Waals surface area contributed by atoms with Gasteiger partial charge in [-0.25, -0.2) is 8.78 Å². The topological polar surface area (TPSA) is 105 Å². The number of aromatic nitrogens is 3. The Morgan fingerprint density at radius 2 is 1.60 bits per heavy atom. The van der Waals surface area contributed by atoms with Gasteiger partial charge in [-0.1, -0.05) is 37.0 Å². The highest BCUT2D eigenvalue weighted by Gasteiger charge is 2.41. The largest absolute Gasteiger partial charge is 0.481 e. The molecule has 2 aromatic rings. The Labute approximate surface area is 242 Å². The van der Waals surface area contributed by atoms with E-state index < -0.39 is 41.2 Å². The van der Waals surface area contributed by atoms with Crippen molar-refractivity contribution >= 4 is 40.9 Å². The van der Waals surface area contributed by atoms with E-state index in [0.717, 1.165) is 19.0 Å². The molecule has 218 valence electrons. The number of carbonyl (C=O) groups is 3. The number of Topliss-reactive ketones (excluding diaryl/α,β-unsaturated/α-hetero) is 1. The SMILES string of the molecule is CC1(C)CCC(N(CC(=O)c2c(Cl)cncc2Cl)C(=O)c2cnn(C3CCC(C)(C(=O)O)CC3)c2C(F)F)CC1. The summed E-state index contributed by atoms with van der Waals surface area (Å²) in [5.41, 5.74) is -1.60. The number of alkyl halides is 2. The molecule has 0 bridgehead atoms. The van der Waals surface area contributed by atoms with Crippen molar-refractivity contribution in [3.8, 4) is 0 Å². The highest BCUT2D eigenvalue weighted by molar-refractivity contribution is 6.39. The number of aliphatic carboxylic acids is 1. The number of rotatable bonds is 8. The molecule has 0 unspecified atom stereocenters. The van der Waals surface area contributed by atoms with E-state index in [0.29, 0.717) is 38.5 Å². The summed E-state index contributed by atoms with van der Waals surface area (Å²) in [7, 11) is 0. The zero-order chi connectivity index (χ0) is 29.4. The zero-order valence-electron chi connectivity index (χ0n) is 22.8. The second-order valence-corrected chi connectivity index (χ2v) is 12.8. The van der Waals surface area contributed by atoms with Gasteiger partial charge in [0.15, 0.2) is 5.78 Å². The van der Waals surface area contributed by atoms with Crippen LogP contribution in [0.4, 0.5) is 8.78 Å². The van der Waals surface area contributed by atoms with E-state index in [2.05, 4.69) is 23.9 Å². The van der Waals surface area contributed by atoms with Crippen molar-refractivity contribution in [2.75, 3.05) is 6.54 Å². The van der Waals surface area contributed by atoms with Crippen LogP contribution in [0.2, 0.25) is 10.0 Å². The number of amides is 1. The van der Waals surface area contributed by atoms with Gasteiger partial charge in [0, 0.05) is 18.4 Å². The second-order valence-electron chi connectivity index (χ2n) is 12.0. The molecule has 0 aliphatic heterocycles. The van der Waals surface area contributed by atoms with Gasteiger partial charge < -0.3 is 10.0 Å². The van der Waals surface area contributed by atoms with E-state index in [1.807, 2.05) is 0 Å². The summed E-state index contributed by atoms with van der Waals surface area (Å²) in [6.45, 7) is 5.53. The van der Waals surface area contributed by atoms with Gasteiger partial charge in [0.25, 0.3) is 12.3 Å². The first-order valence-corrected chi connectivity index (χ1v) is 14.2. The highest BCUT2D eigenvalue weighted by atomic mass is 35.5. The zero-order valence-corrected chi connectivity index (χ0v) is 24.3. The molecule has 2 aromatic heterocycles. The third-order valence-corrected chi connectivity index (χ3v) is 9.22. The van der Waals surface area contributed by atoms with Crippen molar-refractivity contribution in [3.63, 3.8) is 0 Å². The molecule has 4 rings (SSSR count). The van der Waals surface area contributed by atoms with Crippen LogP contribution in [0, 0.1) is 10.8 Å². The van der Waals surface area contributed by atoms with Crippen LogP contribution in [0.5, 0.6) is 0 Å². The van der Waals surface area contributed by atoms with Crippen molar-refractivity contribution in [1.29, 1.82) is 0 Å². The lowest BCUT2D eigenvalue weighted by molar-refractivity contribution is -0.150. The first kappa shape index (κ1) is 30.4. The van der Waals surface area contributed by atoms with Crippen molar-refractivity contribution < 1.29 is 28.3 Å². The van der Waals surface area contributed by atoms with Crippen molar-refractivity contribution in [2.45, 2.75) is 90.6 Å². The van der Waals surface area contributed by atoms with Gasteiger partial charge in [0.1, 0.15) is 5.69 Å². The van der Waals surface area contributed by atoms with Crippen LogP contribution in [-0.4, -0.2) is 55.0 Å². The summed E-state index contributed by atoms with van der Waals surface area (Å²) in [4.78, 5) is 44.2. The van der Waals surface area contributed by atoms with E-state index in [4.69, 9.17) is 23.2 Å². The van der Waals surface area contributed by atoms with E-state index in [-0.39, 0.29) is 39.2 Å². The second kappa shape index (κ2) is 11.7. The maximum absolute atomic E-state index is 14.5. The summed E-state index contributed by atoms with van der Waals surface area (Å²) < 4.78 is 30.2. The number of hydrogen-bond donors (Lipinski definition) is 1. The normalized spacial score (nSPS) is 23.2. The lowest BCUT2D eigenvalue weighted by Crippen LogP contribution is -2.46. The highest BCUT2D eigenvalue weighted by Crippen LogP contribution is 2.43. The number of halogens is 4. The number of ketones is 1. The van der Waals surface area contributed by atoms with Crippen LogP contribution in [0.3, 0.4) is 0 Å². The first-order valence-electron chi connectivity index (χ1n) is 13.5. The molecule has 0 radical (unpaired) electrons. The Bertz CT molecular complexity index is 1260. The van der Waals surface area contributed by atoms with Crippen molar-refractivity contribution in [2.24, 2.45) is 10.8 Å². The van der Waals surface area contributed by atoms with Crippen LogP contribution in [-0.2, 0) is 4.79 Å². The molecule has 0 spiro atoms. The Morgan fingerprint density at radius 1 is 1.02 bits per heavy atom. The van der Waals surface area contributed by atoms with Crippen LogP contribution in [0.25, 0.3) is 0 Å². The van der Waals surface area contributed by atoms with E-state index >= 15 is 0 Å². The molecule has 0 saturated heterocycles. The Balaban J connectivity index is 1.66. The molecular formula is C28H34Cl2F2N4O4. The fourth-order valence-electron chi connectivity index (χ4n) is 5.87. The predicted molar refractivity (Wildman–Crippen MR) is 146 cm³/mol. The molecule has 2 heterocycles. The van der Waals surface area contributed by atoms with Gasteiger partial charge in [-0.2, -0.15) is 5.10 Å². The number of carbonyl (C=O) groups excluding carboxylic acids is 2. The number of carboxylic acid groups (broad SMARTS) is 1. The summed E-state index contributed by atoms with van der Waals surface area (Å²) in [5, 5.41) is 13.8. The number of pyridine rings is 1. The van der Waals surface area contributed by atoms with Crippen LogP contribution in [0.1, 0.15) is 111 Å². The average molecular weight is 600 g/mol. The third kappa shape index (κ3) is 6.17. The fraction of sp³-hybridized carbons (Fsp3) is 0.607. The summed E-state index contributed by atoms with van der Waals surface area (Å²) in [6.07, 6.45) is 4.85. The molecule has 2 fully saturated rings. The standard InChI is InChI=1S/C28H34Cl2F2N4O4/c1-27(2)8-4-16(5-9-27)35(15-21(37)22-19(29)13-33-14-20(22)30)25(38)18-12-34-36(23(18)24(31)32)17-6-10-28(3,11-7-17)26(39)40/h12-14,16-17,24H,4-11,15H2,1-3H3,(H,39,40). The van der Waals surface area contributed by atoms with Gasteiger partial charge in [-0.3, -0.25) is 24.0 Å². The maximum atomic E-state index is 14.5. The van der Waals surface area contributed by atoms with Gasteiger partial charge in [0.2, 0.25) is 0 Å². The lowest BCUT2D eigenvalue weighted by atomic mass is 9.74. The van der Waals surface area contributed by atoms with Gasteiger partial charge in [0.05, 0.1) is 45.4 Å². The Kier molecular flexibility index (Phi) is 8.90. The summed E-state index contributed by atoms with van der Waals surface area (Å²) in [6, 6.07) is -0.804. The minimum Gasteiger partial charge on any atom is -0.481 e. The first-order chi connectivity index (χ1) is 18.7. The minimum absolute atomic E-state index is 0.0285. The van der Waals surface area contributed by atoms with Crippen LogP contribution < -0.4 is 0 Å². The molecule has 8 nitrogen and oxygen atoms in total. The Hall–Kier alpha value is -2.59. The van der Waals surface area contributed by atoms with E-state index in [1.54, 1.807) is 6.92 Å². The van der Waals surface area contributed by atoms with Crippen LogP contribution >= 0.6 is 23.2 Å². The molecule has 1 amide bonds. The molecule has 2 aliphatic carbocycles.